The van der Waals surface area contributed by atoms with E-state index in [-0.39, 0.29) is 34.9 Å². The number of rotatable bonds is 6. The molecule has 0 aromatic heterocycles. The van der Waals surface area contributed by atoms with Gasteiger partial charge in [-0.25, -0.2) is 0 Å². The van der Waals surface area contributed by atoms with Crippen molar-refractivity contribution in [3.8, 4) is 0 Å². The molecule has 0 radical (unpaired) electrons. The largest absolute Gasteiger partial charge is 0.393 e. The van der Waals surface area contributed by atoms with E-state index in [1.807, 2.05) is 4.90 Å². The van der Waals surface area contributed by atoms with Crippen LogP contribution in [0.25, 0.3) is 0 Å². The van der Waals surface area contributed by atoms with E-state index in [9.17, 15) is 20.0 Å². The van der Waals surface area contributed by atoms with E-state index >= 15 is 0 Å². The van der Waals surface area contributed by atoms with Crippen LogP contribution in [0.4, 0.5) is 11.4 Å². The van der Waals surface area contributed by atoms with E-state index in [1.165, 1.54) is 18.2 Å². The van der Waals surface area contributed by atoms with Gasteiger partial charge in [-0.05, 0) is 44.9 Å². The average molecular weight is 342 g/mol. The van der Waals surface area contributed by atoms with Crippen molar-refractivity contribution in [2.24, 2.45) is 0 Å². The minimum Gasteiger partial charge on any atom is -0.393 e. The Balaban J connectivity index is 2.01. The highest BCUT2D eigenvalue weighted by Gasteiger charge is 2.27. The number of nitro groups is 1. The Morgan fingerprint density at radius 3 is 3.00 bits per heavy atom. The molecule has 1 aromatic rings. The third-order valence-corrected chi connectivity index (χ3v) is 4.12. The molecular weight excluding hydrogens is 322 g/mol. The first-order valence-electron chi connectivity index (χ1n) is 7.52. The summed E-state index contributed by atoms with van der Waals surface area (Å²) in [7, 11) is 0. The molecule has 0 spiro atoms. The fraction of sp³-hybridized carbons (Fsp3) is 0.533. The first kappa shape index (κ1) is 17.7. The van der Waals surface area contributed by atoms with Gasteiger partial charge in [0.15, 0.2) is 0 Å². The van der Waals surface area contributed by atoms with Crippen molar-refractivity contribution in [1.29, 1.82) is 0 Å². The number of nitro benzene ring substituents is 1. The van der Waals surface area contributed by atoms with Crippen molar-refractivity contribution in [2.45, 2.75) is 38.3 Å². The zero-order valence-corrected chi connectivity index (χ0v) is 13.6. The number of aliphatic hydroxyl groups is 1. The number of nitrogens with zero attached hydrogens (tertiary/aromatic N) is 2. The molecule has 2 atom stereocenters. The zero-order chi connectivity index (χ0) is 17.0. The van der Waals surface area contributed by atoms with Crippen molar-refractivity contribution >= 4 is 28.9 Å². The quantitative estimate of drug-likeness (QED) is 0.612. The number of carbonyl (C=O) groups excluding carboxylic acids is 1. The van der Waals surface area contributed by atoms with Crippen LogP contribution >= 0.6 is 11.6 Å². The second-order valence-corrected chi connectivity index (χ2v) is 6.25. The Hall–Kier alpha value is -1.70. The Morgan fingerprint density at radius 1 is 1.61 bits per heavy atom. The first-order chi connectivity index (χ1) is 10.9. The second-order valence-electron chi connectivity index (χ2n) is 5.82. The van der Waals surface area contributed by atoms with Crippen molar-refractivity contribution in [3.05, 3.63) is 33.3 Å². The number of amides is 1. The van der Waals surface area contributed by atoms with Crippen LogP contribution in [0.1, 0.15) is 26.2 Å². The molecule has 0 bridgehead atoms. The Bertz CT molecular complexity index is 594. The fourth-order valence-corrected chi connectivity index (χ4v) is 3.07. The molecule has 0 aliphatic carbocycles. The maximum absolute atomic E-state index is 12.2. The molecule has 1 amide bonds. The predicted molar refractivity (Wildman–Crippen MR) is 87.6 cm³/mol. The predicted octanol–water partition coefficient (Wildman–Crippen LogP) is 2.42. The van der Waals surface area contributed by atoms with Gasteiger partial charge in [0.25, 0.3) is 5.69 Å². The van der Waals surface area contributed by atoms with Crippen LogP contribution in [0.5, 0.6) is 0 Å². The molecule has 1 saturated heterocycles. The highest BCUT2D eigenvalue weighted by molar-refractivity contribution is 6.31. The van der Waals surface area contributed by atoms with E-state index in [4.69, 9.17) is 11.6 Å². The lowest BCUT2D eigenvalue weighted by Crippen LogP contribution is -2.38. The Kier molecular flexibility index (Phi) is 5.92. The summed E-state index contributed by atoms with van der Waals surface area (Å²) >= 11 is 5.75. The lowest BCUT2D eigenvalue weighted by atomic mass is 10.1. The van der Waals surface area contributed by atoms with Crippen molar-refractivity contribution in [3.63, 3.8) is 0 Å². The van der Waals surface area contributed by atoms with Gasteiger partial charge in [-0.15, -0.1) is 0 Å². The molecule has 7 nitrogen and oxygen atoms in total. The van der Waals surface area contributed by atoms with E-state index < -0.39 is 11.0 Å². The highest BCUT2D eigenvalue weighted by Crippen LogP contribution is 2.28. The second kappa shape index (κ2) is 7.72. The molecule has 126 valence electrons. The van der Waals surface area contributed by atoms with Crippen LogP contribution in [0.15, 0.2) is 18.2 Å². The summed E-state index contributed by atoms with van der Waals surface area (Å²) in [5.41, 5.74) is -0.0940. The van der Waals surface area contributed by atoms with E-state index in [1.54, 1.807) is 6.92 Å². The van der Waals surface area contributed by atoms with Crippen LogP contribution in [0.3, 0.4) is 0 Å². The number of anilines is 1. The van der Waals surface area contributed by atoms with Crippen LogP contribution in [-0.4, -0.2) is 46.1 Å². The Labute approximate surface area is 139 Å². The number of likely N-dealkylation sites (tertiary alicyclic amines) is 1. The molecule has 1 aliphatic rings. The van der Waals surface area contributed by atoms with Gasteiger partial charge < -0.3 is 10.4 Å². The number of benzene rings is 1. The van der Waals surface area contributed by atoms with Gasteiger partial charge in [0.2, 0.25) is 5.91 Å². The highest BCUT2D eigenvalue weighted by atomic mass is 35.5. The van der Waals surface area contributed by atoms with Gasteiger partial charge in [0.1, 0.15) is 5.69 Å². The van der Waals surface area contributed by atoms with E-state index in [0.29, 0.717) is 6.42 Å². The zero-order valence-electron chi connectivity index (χ0n) is 12.9. The van der Waals surface area contributed by atoms with Gasteiger partial charge in [0.05, 0.1) is 17.6 Å². The molecule has 2 unspecified atom stereocenters. The van der Waals surface area contributed by atoms with Gasteiger partial charge >= 0.3 is 0 Å². The molecule has 1 heterocycles. The smallest absolute Gasteiger partial charge is 0.294 e. The fourth-order valence-electron chi connectivity index (χ4n) is 2.90. The maximum atomic E-state index is 12.2. The maximum Gasteiger partial charge on any atom is 0.294 e. The summed E-state index contributed by atoms with van der Waals surface area (Å²) in [6, 6.07) is 4.30. The third kappa shape index (κ3) is 4.89. The average Bonchev–Trinajstić information content (AvgIpc) is 2.86. The molecule has 1 aliphatic heterocycles. The number of hydrogen-bond acceptors (Lipinski definition) is 5. The topological polar surface area (TPSA) is 95.7 Å². The molecule has 1 fully saturated rings. The third-order valence-electron chi connectivity index (χ3n) is 3.89. The van der Waals surface area contributed by atoms with Crippen molar-refractivity contribution in [2.75, 3.05) is 18.4 Å². The molecular formula is C15H20ClN3O4. The molecule has 23 heavy (non-hydrogen) atoms. The summed E-state index contributed by atoms with van der Waals surface area (Å²) in [4.78, 5) is 24.6. The van der Waals surface area contributed by atoms with Crippen molar-refractivity contribution < 1.29 is 14.8 Å². The van der Waals surface area contributed by atoms with Gasteiger partial charge in [0, 0.05) is 17.1 Å². The van der Waals surface area contributed by atoms with Gasteiger partial charge in [-0.2, -0.15) is 0 Å². The summed E-state index contributed by atoms with van der Waals surface area (Å²) < 4.78 is 0. The molecule has 1 aromatic carbocycles. The summed E-state index contributed by atoms with van der Waals surface area (Å²) in [5.74, 6) is -0.312. The molecule has 2 N–H and O–H groups in total. The van der Waals surface area contributed by atoms with Crippen LogP contribution < -0.4 is 5.32 Å². The first-order valence-corrected chi connectivity index (χ1v) is 7.90. The molecule has 2 rings (SSSR count). The van der Waals surface area contributed by atoms with E-state index in [2.05, 4.69) is 5.32 Å². The van der Waals surface area contributed by atoms with Crippen LogP contribution in [0, 0.1) is 10.1 Å². The number of hydrogen-bond donors (Lipinski definition) is 2. The van der Waals surface area contributed by atoms with Crippen molar-refractivity contribution in [1.82, 2.24) is 4.90 Å². The summed E-state index contributed by atoms with van der Waals surface area (Å²) in [6.07, 6.45) is 2.13. The summed E-state index contributed by atoms with van der Waals surface area (Å²) in [5, 5.41) is 23.4. The summed E-state index contributed by atoms with van der Waals surface area (Å²) in [6.45, 7) is 2.67. The minimum atomic E-state index is -0.576. The van der Waals surface area contributed by atoms with Crippen LogP contribution in [-0.2, 0) is 4.79 Å². The molecule has 0 saturated carbocycles. The monoisotopic (exact) mass is 341 g/mol. The van der Waals surface area contributed by atoms with Gasteiger partial charge in [-0.3, -0.25) is 19.8 Å². The van der Waals surface area contributed by atoms with Crippen LogP contribution in [0.2, 0.25) is 5.02 Å². The normalized spacial score (nSPS) is 19.5. The van der Waals surface area contributed by atoms with E-state index in [0.717, 1.165) is 19.4 Å². The number of halogens is 1. The lowest BCUT2D eigenvalue weighted by molar-refractivity contribution is -0.383. The van der Waals surface area contributed by atoms with Gasteiger partial charge in [-0.1, -0.05) is 11.6 Å². The standard InChI is InChI=1S/C15H20ClN3O4/c1-10(20)7-12-3-2-6-18(12)9-15(21)17-13-5-4-11(16)8-14(13)19(22)23/h4-5,8,10,12,20H,2-3,6-7,9H2,1H3,(H,17,21). The lowest BCUT2D eigenvalue weighted by Gasteiger charge is -2.24. The Morgan fingerprint density at radius 2 is 2.35 bits per heavy atom. The SMILES string of the molecule is CC(O)CC1CCCN1CC(=O)Nc1ccc(Cl)cc1[N+](=O)[O-]. The minimum absolute atomic E-state index is 0.135. The number of nitrogens with one attached hydrogen (secondary N) is 1. The molecule has 8 heteroatoms. The number of aliphatic hydroxyl groups excluding tert-OH is 1. The number of carbonyl (C=O) groups is 1.